The molecule has 0 spiro atoms. The Balaban J connectivity index is 1.22. The quantitative estimate of drug-likeness (QED) is 0.531. The van der Waals surface area contributed by atoms with Crippen molar-refractivity contribution in [3.05, 3.63) is 84.9 Å². The van der Waals surface area contributed by atoms with E-state index in [0.29, 0.717) is 13.1 Å². The summed E-state index contributed by atoms with van der Waals surface area (Å²) in [6.45, 7) is 3.73. The monoisotopic (exact) mass is 460 g/mol. The average molecular weight is 461 g/mol. The summed E-state index contributed by atoms with van der Waals surface area (Å²) in [5.41, 5.74) is 1.64. The van der Waals surface area contributed by atoms with E-state index in [0.717, 1.165) is 47.3 Å². The van der Waals surface area contributed by atoms with Gasteiger partial charge in [0.25, 0.3) is 0 Å². The third-order valence-corrected chi connectivity index (χ3v) is 6.47. The highest BCUT2D eigenvalue weighted by atomic mass is 32.2. The molecule has 6 nitrogen and oxygen atoms in total. The van der Waals surface area contributed by atoms with E-state index in [-0.39, 0.29) is 11.8 Å². The number of carbonyl (C=O) groups is 2. The van der Waals surface area contributed by atoms with Gasteiger partial charge in [0, 0.05) is 41.7 Å². The van der Waals surface area contributed by atoms with Crippen molar-refractivity contribution in [3.63, 3.8) is 0 Å². The van der Waals surface area contributed by atoms with Crippen LogP contribution >= 0.6 is 11.8 Å². The van der Waals surface area contributed by atoms with E-state index in [1.165, 1.54) is 0 Å². The normalized spacial score (nSPS) is 14.5. The van der Waals surface area contributed by atoms with Crippen molar-refractivity contribution in [2.75, 3.05) is 49.9 Å². The third kappa shape index (κ3) is 7.18. The highest BCUT2D eigenvalue weighted by Crippen LogP contribution is 2.33. The van der Waals surface area contributed by atoms with Crippen molar-refractivity contribution in [1.29, 1.82) is 0 Å². The van der Waals surface area contributed by atoms with Gasteiger partial charge in [0.05, 0.1) is 18.8 Å². The van der Waals surface area contributed by atoms with Gasteiger partial charge in [-0.25, -0.2) is 0 Å². The van der Waals surface area contributed by atoms with Gasteiger partial charge in [-0.15, -0.1) is 0 Å². The molecule has 0 aliphatic carbocycles. The molecule has 33 heavy (non-hydrogen) atoms. The van der Waals surface area contributed by atoms with E-state index < -0.39 is 0 Å². The number of piperazine rings is 1. The van der Waals surface area contributed by atoms with E-state index in [4.69, 9.17) is 0 Å². The fourth-order valence-corrected chi connectivity index (χ4v) is 4.62. The van der Waals surface area contributed by atoms with Crippen LogP contribution in [0, 0.1) is 0 Å². The van der Waals surface area contributed by atoms with Gasteiger partial charge in [0.2, 0.25) is 11.8 Å². The molecule has 0 bridgehead atoms. The fourth-order valence-electron chi connectivity index (χ4n) is 3.70. The number of para-hydroxylation sites is 2. The van der Waals surface area contributed by atoms with Crippen LogP contribution < -0.4 is 10.6 Å². The molecule has 0 saturated carbocycles. The van der Waals surface area contributed by atoms with Crippen LogP contribution in [-0.4, -0.2) is 60.9 Å². The number of carbonyl (C=O) groups excluding carboxylic acids is 2. The fraction of sp³-hybridized carbons (Fsp3) is 0.231. The molecular formula is C26H28N4O2S. The molecule has 1 saturated heterocycles. The van der Waals surface area contributed by atoms with Gasteiger partial charge >= 0.3 is 0 Å². The molecule has 1 fully saturated rings. The Kier molecular flexibility index (Phi) is 8.14. The summed E-state index contributed by atoms with van der Waals surface area (Å²) in [6.07, 6.45) is 0. The molecule has 1 aliphatic heterocycles. The topological polar surface area (TPSA) is 64.7 Å². The van der Waals surface area contributed by atoms with Gasteiger partial charge in [0.1, 0.15) is 0 Å². The van der Waals surface area contributed by atoms with Crippen LogP contribution in [-0.2, 0) is 9.59 Å². The first-order chi connectivity index (χ1) is 16.2. The van der Waals surface area contributed by atoms with Crippen LogP contribution in [0.25, 0.3) is 0 Å². The van der Waals surface area contributed by atoms with Crippen LogP contribution in [0.3, 0.4) is 0 Å². The maximum absolute atomic E-state index is 12.7. The summed E-state index contributed by atoms with van der Waals surface area (Å²) >= 11 is 1.64. The minimum absolute atomic E-state index is 0.0140. The standard InChI is InChI=1S/C26H28N4O2S/c31-25(27-21-9-3-1-4-10-21)19-29-15-17-30(18-16-29)20-26(32)28-23-13-7-8-14-24(23)33-22-11-5-2-6-12-22/h1-14H,15-20H2,(H,27,31)(H,28,32). The van der Waals surface area contributed by atoms with Crippen LogP contribution in [0.2, 0.25) is 0 Å². The zero-order valence-corrected chi connectivity index (χ0v) is 19.3. The number of hydrogen-bond donors (Lipinski definition) is 2. The van der Waals surface area contributed by atoms with Gasteiger partial charge in [-0.05, 0) is 36.4 Å². The average Bonchev–Trinajstić information content (AvgIpc) is 2.83. The largest absolute Gasteiger partial charge is 0.325 e. The summed E-state index contributed by atoms with van der Waals surface area (Å²) < 4.78 is 0. The van der Waals surface area contributed by atoms with Crippen LogP contribution in [0.5, 0.6) is 0 Å². The summed E-state index contributed by atoms with van der Waals surface area (Å²) in [4.78, 5) is 31.4. The highest BCUT2D eigenvalue weighted by Gasteiger charge is 2.21. The maximum Gasteiger partial charge on any atom is 0.238 e. The zero-order chi connectivity index (χ0) is 22.9. The third-order valence-electron chi connectivity index (χ3n) is 5.39. The number of nitrogens with zero attached hydrogens (tertiary/aromatic N) is 2. The minimum Gasteiger partial charge on any atom is -0.325 e. The number of rotatable bonds is 8. The van der Waals surface area contributed by atoms with Gasteiger partial charge < -0.3 is 10.6 Å². The molecule has 170 valence electrons. The second kappa shape index (κ2) is 11.7. The van der Waals surface area contributed by atoms with E-state index in [9.17, 15) is 9.59 Å². The van der Waals surface area contributed by atoms with E-state index in [2.05, 4.69) is 32.6 Å². The number of nitrogens with one attached hydrogen (secondary N) is 2. The van der Waals surface area contributed by atoms with E-state index in [1.54, 1.807) is 11.8 Å². The number of benzene rings is 3. The predicted molar refractivity (Wildman–Crippen MR) is 134 cm³/mol. The zero-order valence-electron chi connectivity index (χ0n) is 18.4. The molecule has 1 aliphatic rings. The van der Waals surface area contributed by atoms with Crippen molar-refractivity contribution < 1.29 is 9.59 Å². The smallest absolute Gasteiger partial charge is 0.238 e. The first kappa shape index (κ1) is 23.0. The first-order valence-electron chi connectivity index (χ1n) is 11.1. The molecule has 1 heterocycles. The summed E-state index contributed by atoms with van der Waals surface area (Å²) in [5.74, 6) is -0.0358. The van der Waals surface area contributed by atoms with Crippen molar-refractivity contribution in [2.24, 2.45) is 0 Å². The van der Waals surface area contributed by atoms with Crippen LogP contribution in [0.4, 0.5) is 11.4 Å². The summed E-state index contributed by atoms with van der Waals surface area (Å²) in [7, 11) is 0. The first-order valence-corrected chi connectivity index (χ1v) is 11.9. The van der Waals surface area contributed by atoms with Crippen LogP contribution in [0.1, 0.15) is 0 Å². The molecule has 2 amide bonds. The molecule has 4 rings (SSSR count). The number of anilines is 2. The summed E-state index contributed by atoms with van der Waals surface area (Å²) in [6, 6.07) is 27.5. The molecule has 7 heteroatoms. The Bertz CT molecular complexity index is 1050. The lowest BCUT2D eigenvalue weighted by Crippen LogP contribution is -2.50. The van der Waals surface area contributed by atoms with Crippen molar-refractivity contribution in [1.82, 2.24) is 9.80 Å². The molecular weight excluding hydrogens is 432 g/mol. The van der Waals surface area contributed by atoms with Crippen molar-refractivity contribution >= 4 is 35.0 Å². The van der Waals surface area contributed by atoms with Crippen molar-refractivity contribution in [2.45, 2.75) is 9.79 Å². The molecule has 0 aromatic heterocycles. The highest BCUT2D eigenvalue weighted by molar-refractivity contribution is 7.99. The van der Waals surface area contributed by atoms with E-state index in [1.807, 2.05) is 72.8 Å². The molecule has 0 unspecified atom stereocenters. The van der Waals surface area contributed by atoms with Crippen LogP contribution in [0.15, 0.2) is 94.7 Å². The lowest BCUT2D eigenvalue weighted by atomic mass is 10.3. The summed E-state index contributed by atoms with van der Waals surface area (Å²) in [5, 5.41) is 5.99. The maximum atomic E-state index is 12.7. The number of amides is 2. The predicted octanol–water partition coefficient (Wildman–Crippen LogP) is 4.03. The van der Waals surface area contributed by atoms with Crippen molar-refractivity contribution in [3.8, 4) is 0 Å². The van der Waals surface area contributed by atoms with Gasteiger partial charge in [0.15, 0.2) is 0 Å². The molecule has 0 atom stereocenters. The van der Waals surface area contributed by atoms with Gasteiger partial charge in [-0.1, -0.05) is 60.3 Å². The molecule has 2 N–H and O–H groups in total. The molecule has 3 aromatic carbocycles. The number of hydrogen-bond acceptors (Lipinski definition) is 5. The Morgan fingerprint density at radius 3 is 1.82 bits per heavy atom. The van der Waals surface area contributed by atoms with Gasteiger partial charge in [-0.3, -0.25) is 19.4 Å². The van der Waals surface area contributed by atoms with E-state index >= 15 is 0 Å². The minimum atomic E-state index is -0.0219. The second-order valence-corrected chi connectivity index (χ2v) is 9.04. The molecule has 3 aromatic rings. The molecule has 0 radical (unpaired) electrons. The Hall–Kier alpha value is -3.13. The Morgan fingerprint density at radius 2 is 1.18 bits per heavy atom. The van der Waals surface area contributed by atoms with Gasteiger partial charge in [-0.2, -0.15) is 0 Å². The lowest BCUT2D eigenvalue weighted by Gasteiger charge is -2.33. The Morgan fingerprint density at radius 1 is 0.667 bits per heavy atom. The Labute approximate surface area is 199 Å². The second-order valence-electron chi connectivity index (χ2n) is 7.93. The SMILES string of the molecule is O=C(CN1CCN(CC(=O)Nc2ccccc2Sc2ccccc2)CC1)Nc1ccccc1. The lowest BCUT2D eigenvalue weighted by molar-refractivity contribution is -0.120.